The first-order valence-corrected chi connectivity index (χ1v) is 7.19. The van der Waals surface area contributed by atoms with Crippen LogP contribution in [-0.4, -0.2) is 11.2 Å². The van der Waals surface area contributed by atoms with Crippen molar-refractivity contribution in [3.05, 3.63) is 38.3 Å². The molecule has 0 saturated heterocycles. The molecule has 0 atom stereocenters. The third-order valence-corrected chi connectivity index (χ3v) is 3.94. The van der Waals surface area contributed by atoms with Gasteiger partial charge >= 0.3 is 6.18 Å². The van der Waals surface area contributed by atoms with E-state index >= 15 is 0 Å². The summed E-state index contributed by atoms with van der Waals surface area (Å²) in [7, 11) is 0. The summed E-state index contributed by atoms with van der Waals surface area (Å²) in [6.45, 7) is 0. The Hall–Kier alpha value is -1.36. The fourth-order valence-electron chi connectivity index (χ4n) is 1.40. The molecule has 9 heteroatoms. The molecule has 1 aromatic heterocycles. The van der Waals surface area contributed by atoms with E-state index in [0.29, 0.717) is 14.5 Å². The minimum absolute atomic E-state index is 0.0117. The van der Waals surface area contributed by atoms with E-state index in [-0.39, 0.29) is 5.56 Å². The molecular formula is C11H8F3IN4S. The van der Waals surface area contributed by atoms with E-state index in [0.717, 1.165) is 12.3 Å². The second-order valence-electron chi connectivity index (χ2n) is 3.65. The zero-order valence-electron chi connectivity index (χ0n) is 9.78. The van der Waals surface area contributed by atoms with Crippen molar-refractivity contribution in [2.45, 2.75) is 6.18 Å². The van der Waals surface area contributed by atoms with Gasteiger partial charge in [0.05, 0.1) is 11.8 Å². The minimum Gasteiger partial charge on any atom is -0.383 e. The molecule has 2 rings (SSSR count). The Balaban J connectivity index is 2.24. The fourth-order valence-corrected chi connectivity index (χ4v) is 2.59. The zero-order chi connectivity index (χ0) is 14.8. The Morgan fingerprint density at radius 2 is 2.15 bits per heavy atom. The molecule has 1 aromatic carbocycles. The van der Waals surface area contributed by atoms with Crippen LogP contribution in [0.15, 0.2) is 28.7 Å². The first-order chi connectivity index (χ1) is 9.38. The van der Waals surface area contributed by atoms with Crippen molar-refractivity contribution in [3.63, 3.8) is 0 Å². The topological polar surface area (TPSA) is 63.3 Å². The number of halogens is 4. The third-order valence-electron chi connectivity index (χ3n) is 2.23. The van der Waals surface area contributed by atoms with Gasteiger partial charge in [-0.2, -0.15) is 18.3 Å². The van der Waals surface area contributed by atoms with Crippen LogP contribution in [0.4, 0.5) is 24.1 Å². The predicted molar refractivity (Wildman–Crippen MR) is 81.9 cm³/mol. The number of hydrazone groups is 1. The number of alkyl halides is 3. The molecule has 3 N–H and O–H groups in total. The largest absolute Gasteiger partial charge is 0.417 e. The van der Waals surface area contributed by atoms with Crippen molar-refractivity contribution in [2.24, 2.45) is 5.10 Å². The van der Waals surface area contributed by atoms with Gasteiger partial charge in [0.2, 0.25) is 5.13 Å². The number of nitrogen functional groups attached to an aromatic ring is 1. The highest BCUT2D eigenvalue weighted by molar-refractivity contribution is 14.1. The molecule has 106 valence electrons. The van der Waals surface area contributed by atoms with Gasteiger partial charge < -0.3 is 5.73 Å². The number of nitrogens with two attached hydrogens (primary N) is 1. The molecule has 20 heavy (non-hydrogen) atoms. The number of rotatable bonds is 3. The van der Waals surface area contributed by atoms with Gasteiger partial charge in [0.25, 0.3) is 0 Å². The monoisotopic (exact) mass is 412 g/mol. The SMILES string of the molecule is Nc1csc(NN=Cc2c(I)cccc2C(F)(F)F)n1. The number of nitrogens with one attached hydrogen (secondary N) is 1. The molecule has 0 aliphatic heterocycles. The Kier molecular flexibility index (Phi) is 4.48. The molecule has 0 unspecified atom stereocenters. The average molecular weight is 412 g/mol. The van der Waals surface area contributed by atoms with Crippen LogP contribution < -0.4 is 11.2 Å². The second-order valence-corrected chi connectivity index (χ2v) is 5.67. The van der Waals surface area contributed by atoms with Crippen molar-refractivity contribution in [3.8, 4) is 0 Å². The quantitative estimate of drug-likeness (QED) is 0.458. The second kappa shape index (κ2) is 5.95. The summed E-state index contributed by atoms with van der Waals surface area (Å²) >= 11 is 3.05. The molecule has 0 bridgehead atoms. The lowest BCUT2D eigenvalue weighted by Crippen LogP contribution is -2.10. The van der Waals surface area contributed by atoms with E-state index in [1.54, 1.807) is 11.4 Å². The lowest BCUT2D eigenvalue weighted by atomic mass is 10.1. The van der Waals surface area contributed by atoms with Gasteiger partial charge in [-0.3, -0.25) is 5.43 Å². The van der Waals surface area contributed by atoms with E-state index in [1.807, 2.05) is 22.6 Å². The van der Waals surface area contributed by atoms with Crippen molar-refractivity contribution >= 4 is 51.1 Å². The van der Waals surface area contributed by atoms with Crippen LogP contribution in [0.25, 0.3) is 0 Å². The average Bonchev–Trinajstić information content (AvgIpc) is 2.76. The van der Waals surface area contributed by atoms with Crippen molar-refractivity contribution < 1.29 is 13.2 Å². The number of anilines is 2. The van der Waals surface area contributed by atoms with E-state index in [9.17, 15) is 13.2 Å². The first kappa shape index (κ1) is 15.0. The highest BCUT2D eigenvalue weighted by Crippen LogP contribution is 2.33. The van der Waals surface area contributed by atoms with Crippen LogP contribution in [0.1, 0.15) is 11.1 Å². The summed E-state index contributed by atoms with van der Waals surface area (Å²) in [5, 5.41) is 5.79. The molecule has 0 radical (unpaired) electrons. The summed E-state index contributed by atoms with van der Waals surface area (Å²) in [5.74, 6) is 0.331. The van der Waals surface area contributed by atoms with Gasteiger partial charge in [0, 0.05) is 14.5 Å². The molecule has 0 spiro atoms. The molecule has 0 fully saturated rings. The first-order valence-electron chi connectivity index (χ1n) is 5.23. The predicted octanol–water partition coefficient (Wildman–Crippen LogP) is 3.79. The summed E-state index contributed by atoms with van der Waals surface area (Å²) in [4.78, 5) is 3.88. The van der Waals surface area contributed by atoms with Gasteiger partial charge in [-0.15, -0.1) is 11.3 Å². The number of hydrogen-bond donors (Lipinski definition) is 2. The summed E-state index contributed by atoms with van der Waals surface area (Å²) < 4.78 is 39.1. The Labute approximate surface area is 130 Å². The maximum atomic E-state index is 12.9. The minimum atomic E-state index is -4.42. The normalized spacial score (nSPS) is 12.0. The lowest BCUT2D eigenvalue weighted by molar-refractivity contribution is -0.137. The van der Waals surface area contributed by atoms with Crippen molar-refractivity contribution in [1.29, 1.82) is 0 Å². The Morgan fingerprint density at radius 3 is 2.75 bits per heavy atom. The third kappa shape index (κ3) is 3.60. The van der Waals surface area contributed by atoms with Gasteiger partial charge in [-0.05, 0) is 34.7 Å². The highest BCUT2D eigenvalue weighted by atomic mass is 127. The lowest BCUT2D eigenvalue weighted by Gasteiger charge is -2.11. The number of benzene rings is 1. The summed E-state index contributed by atoms with van der Waals surface area (Å²) in [5.41, 5.74) is 7.25. The molecule has 2 aromatic rings. The van der Waals surface area contributed by atoms with Crippen molar-refractivity contribution in [2.75, 3.05) is 11.2 Å². The molecule has 0 amide bonds. The zero-order valence-corrected chi connectivity index (χ0v) is 12.8. The number of nitrogens with zero attached hydrogens (tertiary/aromatic N) is 2. The van der Waals surface area contributed by atoms with Gasteiger partial charge in [0.15, 0.2) is 0 Å². The van der Waals surface area contributed by atoms with Gasteiger partial charge in [0.1, 0.15) is 5.82 Å². The van der Waals surface area contributed by atoms with E-state index in [2.05, 4.69) is 15.5 Å². The number of hydrogen-bond acceptors (Lipinski definition) is 5. The number of aromatic nitrogens is 1. The van der Waals surface area contributed by atoms with Crippen LogP contribution >= 0.6 is 33.9 Å². The van der Waals surface area contributed by atoms with E-state index in [4.69, 9.17) is 5.73 Å². The fraction of sp³-hybridized carbons (Fsp3) is 0.0909. The molecule has 1 heterocycles. The summed E-state index contributed by atoms with van der Waals surface area (Å²) in [6.07, 6.45) is -3.30. The standard InChI is InChI=1S/C11H8F3IN4S/c12-11(13,14)7-2-1-3-8(15)6(7)4-17-19-10-18-9(16)5-20-10/h1-5H,16H2,(H,18,19). The smallest absolute Gasteiger partial charge is 0.383 e. The van der Waals surface area contributed by atoms with Crippen LogP contribution in [-0.2, 0) is 6.18 Å². The molecular weight excluding hydrogens is 404 g/mol. The Bertz CT molecular complexity index is 639. The van der Waals surface area contributed by atoms with Crippen molar-refractivity contribution in [1.82, 2.24) is 4.98 Å². The molecule has 0 aliphatic carbocycles. The van der Waals surface area contributed by atoms with Gasteiger partial charge in [-0.25, -0.2) is 4.98 Å². The van der Waals surface area contributed by atoms with Crippen LogP contribution in [0.2, 0.25) is 0 Å². The Morgan fingerprint density at radius 1 is 1.40 bits per heavy atom. The maximum Gasteiger partial charge on any atom is 0.417 e. The van der Waals surface area contributed by atoms with E-state index < -0.39 is 11.7 Å². The molecule has 0 saturated carbocycles. The molecule has 4 nitrogen and oxygen atoms in total. The number of thiazole rings is 1. The van der Waals surface area contributed by atoms with E-state index in [1.165, 1.54) is 17.4 Å². The summed E-state index contributed by atoms with van der Waals surface area (Å²) in [6, 6.07) is 3.96. The molecule has 0 aliphatic rings. The highest BCUT2D eigenvalue weighted by Gasteiger charge is 2.33. The van der Waals surface area contributed by atoms with Crippen LogP contribution in [0.3, 0.4) is 0 Å². The van der Waals surface area contributed by atoms with Crippen LogP contribution in [0.5, 0.6) is 0 Å². The van der Waals surface area contributed by atoms with Crippen LogP contribution in [0, 0.1) is 3.57 Å². The maximum absolute atomic E-state index is 12.9. The van der Waals surface area contributed by atoms with Gasteiger partial charge in [-0.1, -0.05) is 6.07 Å².